The van der Waals surface area contributed by atoms with E-state index in [0.29, 0.717) is 29.8 Å². The molecule has 1 heterocycles. The maximum atomic E-state index is 13.0. The molecule has 2 aromatic rings. The molecule has 0 aliphatic heterocycles. The summed E-state index contributed by atoms with van der Waals surface area (Å²) in [5.74, 6) is -1.81. The van der Waals surface area contributed by atoms with Crippen molar-refractivity contribution in [1.82, 2.24) is 15.1 Å². The van der Waals surface area contributed by atoms with Gasteiger partial charge in [0.15, 0.2) is 0 Å². The van der Waals surface area contributed by atoms with Crippen molar-refractivity contribution in [2.45, 2.75) is 38.1 Å². The van der Waals surface area contributed by atoms with E-state index in [4.69, 9.17) is 0 Å². The SMILES string of the molecule is Cc1c(C(=O)NC2(C(=O)O)CCCC2)cnn1-c1ccc(F)cc1. The maximum Gasteiger partial charge on any atom is 0.329 e. The molecule has 1 fully saturated rings. The minimum Gasteiger partial charge on any atom is -0.480 e. The lowest BCUT2D eigenvalue weighted by Crippen LogP contribution is -2.52. The van der Waals surface area contributed by atoms with Gasteiger partial charge >= 0.3 is 5.97 Å². The number of carbonyl (C=O) groups is 2. The fraction of sp³-hybridized carbons (Fsp3) is 0.353. The molecular weight excluding hydrogens is 313 g/mol. The molecule has 3 rings (SSSR count). The van der Waals surface area contributed by atoms with Gasteiger partial charge < -0.3 is 10.4 Å². The van der Waals surface area contributed by atoms with Gasteiger partial charge in [-0.25, -0.2) is 13.9 Å². The zero-order valence-corrected chi connectivity index (χ0v) is 13.3. The largest absolute Gasteiger partial charge is 0.480 e. The first-order chi connectivity index (χ1) is 11.4. The summed E-state index contributed by atoms with van der Waals surface area (Å²) in [6, 6.07) is 5.75. The molecule has 0 atom stereocenters. The van der Waals surface area contributed by atoms with Crippen molar-refractivity contribution in [3.63, 3.8) is 0 Å². The van der Waals surface area contributed by atoms with Gasteiger partial charge in [-0.15, -0.1) is 0 Å². The van der Waals surface area contributed by atoms with E-state index in [9.17, 15) is 19.1 Å². The van der Waals surface area contributed by atoms with Crippen LogP contribution in [0, 0.1) is 12.7 Å². The lowest BCUT2D eigenvalue weighted by Gasteiger charge is -2.25. The van der Waals surface area contributed by atoms with Crippen LogP contribution in [-0.4, -0.2) is 32.3 Å². The quantitative estimate of drug-likeness (QED) is 0.901. The van der Waals surface area contributed by atoms with Gasteiger partial charge in [-0.05, 0) is 44.0 Å². The van der Waals surface area contributed by atoms with Crippen LogP contribution in [0.4, 0.5) is 4.39 Å². The molecule has 0 spiro atoms. The molecular formula is C17H18FN3O3. The molecule has 7 heteroatoms. The van der Waals surface area contributed by atoms with E-state index in [1.807, 2.05) is 0 Å². The molecule has 1 aromatic heterocycles. The Labute approximate surface area is 138 Å². The number of hydrogen-bond acceptors (Lipinski definition) is 3. The Balaban J connectivity index is 1.86. The number of rotatable bonds is 4. The van der Waals surface area contributed by atoms with Crippen molar-refractivity contribution < 1.29 is 19.1 Å². The third-order valence-corrected chi connectivity index (χ3v) is 4.54. The highest BCUT2D eigenvalue weighted by molar-refractivity contribution is 5.98. The van der Waals surface area contributed by atoms with Crippen LogP contribution in [-0.2, 0) is 4.79 Å². The summed E-state index contributed by atoms with van der Waals surface area (Å²) in [5.41, 5.74) is 0.313. The molecule has 1 aliphatic rings. The summed E-state index contributed by atoms with van der Waals surface area (Å²) in [6.45, 7) is 1.72. The average molecular weight is 331 g/mol. The van der Waals surface area contributed by atoms with Crippen LogP contribution in [0.25, 0.3) is 5.69 Å². The first-order valence-electron chi connectivity index (χ1n) is 7.79. The molecule has 24 heavy (non-hydrogen) atoms. The van der Waals surface area contributed by atoms with Crippen LogP contribution >= 0.6 is 0 Å². The Bertz CT molecular complexity index is 777. The molecule has 0 unspecified atom stereocenters. The molecule has 6 nitrogen and oxygen atoms in total. The van der Waals surface area contributed by atoms with E-state index in [-0.39, 0.29) is 5.82 Å². The number of carbonyl (C=O) groups excluding carboxylic acids is 1. The van der Waals surface area contributed by atoms with Crippen molar-refractivity contribution in [3.05, 3.63) is 47.5 Å². The van der Waals surface area contributed by atoms with Crippen molar-refractivity contribution >= 4 is 11.9 Å². The van der Waals surface area contributed by atoms with E-state index in [0.717, 1.165) is 12.8 Å². The minimum atomic E-state index is -1.19. The summed E-state index contributed by atoms with van der Waals surface area (Å²) in [5, 5.41) is 16.3. The molecule has 1 amide bonds. The predicted octanol–water partition coefficient (Wildman–Crippen LogP) is 2.45. The van der Waals surface area contributed by atoms with Crippen molar-refractivity contribution in [2.75, 3.05) is 0 Å². The third kappa shape index (κ3) is 2.77. The van der Waals surface area contributed by atoms with Gasteiger partial charge in [0.1, 0.15) is 11.4 Å². The highest BCUT2D eigenvalue weighted by atomic mass is 19.1. The Hall–Kier alpha value is -2.70. The van der Waals surface area contributed by atoms with Crippen LogP contribution in [0.5, 0.6) is 0 Å². The summed E-state index contributed by atoms with van der Waals surface area (Å²) < 4.78 is 14.6. The predicted molar refractivity (Wildman–Crippen MR) is 84.6 cm³/mol. The number of halogens is 1. The maximum absolute atomic E-state index is 13.0. The normalized spacial score (nSPS) is 16.1. The minimum absolute atomic E-state index is 0.312. The number of benzene rings is 1. The zero-order valence-electron chi connectivity index (χ0n) is 13.3. The summed E-state index contributed by atoms with van der Waals surface area (Å²) in [7, 11) is 0. The molecule has 1 aliphatic carbocycles. The second-order valence-corrected chi connectivity index (χ2v) is 6.08. The van der Waals surface area contributed by atoms with Gasteiger partial charge in [-0.2, -0.15) is 5.10 Å². The molecule has 0 bridgehead atoms. The van der Waals surface area contributed by atoms with E-state index >= 15 is 0 Å². The smallest absolute Gasteiger partial charge is 0.329 e. The molecule has 1 saturated carbocycles. The highest BCUT2D eigenvalue weighted by Crippen LogP contribution is 2.30. The van der Waals surface area contributed by atoms with Crippen molar-refractivity contribution in [3.8, 4) is 5.69 Å². The number of hydrogen-bond donors (Lipinski definition) is 2. The second-order valence-electron chi connectivity index (χ2n) is 6.08. The Kier molecular flexibility index (Phi) is 4.09. The summed E-state index contributed by atoms with van der Waals surface area (Å²) >= 11 is 0. The van der Waals surface area contributed by atoms with Gasteiger partial charge in [0.05, 0.1) is 23.1 Å². The molecule has 0 radical (unpaired) electrons. The Morgan fingerprint density at radius 1 is 1.25 bits per heavy atom. The number of aliphatic carboxylic acids is 1. The van der Waals surface area contributed by atoms with Crippen LogP contribution in [0.3, 0.4) is 0 Å². The zero-order chi connectivity index (χ0) is 17.3. The van der Waals surface area contributed by atoms with E-state index in [1.54, 1.807) is 19.1 Å². The Morgan fingerprint density at radius 2 is 1.88 bits per heavy atom. The molecule has 0 saturated heterocycles. The van der Waals surface area contributed by atoms with Crippen molar-refractivity contribution in [1.29, 1.82) is 0 Å². The average Bonchev–Trinajstić information content (AvgIpc) is 3.16. The van der Waals surface area contributed by atoms with Gasteiger partial charge in [-0.1, -0.05) is 12.8 Å². The van der Waals surface area contributed by atoms with E-state index in [1.165, 1.54) is 23.0 Å². The van der Waals surface area contributed by atoms with E-state index < -0.39 is 17.4 Å². The fourth-order valence-corrected chi connectivity index (χ4v) is 3.13. The van der Waals surface area contributed by atoms with Crippen LogP contribution < -0.4 is 5.32 Å². The van der Waals surface area contributed by atoms with Gasteiger partial charge in [-0.3, -0.25) is 4.79 Å². The van der Waals surface area contributed by atoms with E-state index in [2.05, 4.69) is 10.4 Å². The number of carboxylic acids is 1. The Morgan fingerprint density at radius 3 is 2.46 bits per heavy atom. The lowest BCUT2D eigenvalue weighted by molar-refractivity contribution is -0.144. The summed E-state index contributed by atoms with van der Waals surface area (Å²) in [4.78, 5) is 24.1. The van der Waals surface area contributed by atoms with Crippen LogP contribution in [0.15, 0.2) is 30.5 Å². The summed E-state index contributed by atoms with van der Waals surface area (Å²) in [6.07, 6.45) is 3.82. The monoisotopic (exact) mass is 331 g/mol. The van der Waals surface area contributed by atoms with Gasteiger partial charge in [0, 0.05) is 0 Å². The number of nitrogens with zero attached hydrogens (tertiary/aromatic N) is 2. The topological polar surface area (TPSA) is 84.2 Å². The second kappa shape index (κ2) is 6.07. The highest BCUT2D eigenvalue weighted by Gasteiger charge is 2.43. The first kappa shape index (κ1) is 16.2. The number of carboxylic acid groups (broad SMARTS) is 1. The number of amides is 1. The third-order valence-electron chi connectivity index (χ3n) is 4.54. The van der Waals surface area contributed by atoms with Crippen LogP contribution in [0.1, 0.15) is 41.7 Å². The van der Waals surface area contributed by atoms with Gasteiger partial charge in [0.2, 0.25) is 0 Å². The molecule has 126 valence electrons. The van der Waals surface area contributed by atoms with Crippen LogP contribution in [0.2, 0.25) is 0 Å². The first-order valence-corrected chi connectivity index (χ1v) is 7.79. The lowest BCUT2D eigenvalue weighted by atomic mass is 9.97. The number of nitrogens with one attached hydrogen (secondary N) is 1. The standard InChI is InChI=1S/C17H18FN3O3/c1-11-14(10-19-21(11)13-6-4-12(18)5-7-13)15(22)20-17(16(23)24)8-2-3-9-17/h4-7,10H,2-3,8-9H2,1H3,(H,20,22)(H,23,24). The fourth-order valence-electron chi connectivity index (χ4n) is 3.13. The molecule has 2 N–H and O–H groups in total. The molecule has 1 aromatic carbocycles. The van der Waals surface area contributed by atoms with Gasteiger partial charge in [0.25, 0.3) is 5.91 Å². The number of aromatic nitrogens is 2. The van der Waals surface area contributed by atoms with Crippen molar-refractivity contribution in [2.24, 2.45) is 0 Å².